The minimum atomic E-state index is 0.306. The Labute approximate surface area is 86.9 Å². The zero-order valence-corrected chi connectivity index (χ0v) is 8.60. The third-order valence-corrected chi connectivity index (χ3v) is 2.03. The van der Waals surface area contributed by atoms with Gasteiger partial charge in [0.25, 0.3) is 0 Å². The Morgan fingerprint density at radius 3 is 2.40 bits per heavy atom. The number of nitrogens with zero attached hydrogens (tertiary/aromatic N) is 4. The normalized spacial score (nSPS) is 10.5. The van der Waals surface area contributed by atoms with E-state index in [-0.39, 0.29) is 0 Å². The summed E-state index contributed by atoms with van der Waals surface area (Å²) < 4.78 is 1.63. The topological polar surface area (TPSA) is 95.6 Å². The average molecular weight is 204 g/mol. The zero-order valence-electron chi connectivity index (χ0n) is 8.60. The predicted octanol–water partition coefficient (Wildman–Crippen LogP) is 0.444. The lowest BCUT2D eigenvalue weighted by Crippen LogP contribution is -2.06. The highest BCUT2D eigenvalue weighted by Gasteiger charge is 2.07. The van der Waals surface area contributed by atoms with Crippen molar-refractivity contribution in [1.82, 2.24) is 19.7 Å². The highest BCUT2D eigenvalue weighted by molar-refractivity contribution is 5.59. The molecule has 2 rings (SSSR count). The molecule has 2 heterocycles. The molecule has 78 valence electrons. The molecule has 4 N–H and O–H groups in total. The first-order chi connectivity index (χ1) is 7.08. The van der Waals surface area contributed by atoms with Gasteiger partial charge in [0.15, 0.2) is 5.82 Å². The minimum absolute atomic E-state index is 0.306. The van der Waals surface area contributed by atoms with Crippen LogP contribution in [0.4, 0.5) is 11.5 Å². The standard InChI is InChI=1S/C9H12N6/c1-5-12-6(2)15(14-5)8-4-3-7(10)9(11)13-8/h3-4H,10H2,1-2H3,(H2,11,13). The first-order valence-corrected chi connectivity index (χ1v) is 4.50. The van der Waals surface area contributed by atoms with Crippen LogP contribution in [0.3, 0.4) is 0 Å². The molecule has 15 heavy (non-hydrogen) atoms. The molecule has 0 saturated heterocycles. The number of rotatable bonds is 1. The van der Waals surface area contributed by atoms with E-state index in [9.17, 15) is 0 Å². The molecule has 6 nitrogen and oxygen atoms in total. The first kappa shape index (κ1) is 9.45. The summed E-state index contributed by atoms with van der Waals surface area (Å²) >= 11 is 0. The monoisotopic (exact) mass is 204 g/mol. The lowest BCUT2D eigenvalue weighted by Gasteiger charge is -2.04. The number of nitrogen functional groups attached to an aromatic ring is 2. The van der Waals surface area contributed by atoms with E-state index in [2.05, 4.69) is 15.1 Å². The number of hydrogen-bond acceptors (Lipinski definition) is 5. The van der Waals surface area contributed by atoms with Gasteiger partial charge in [-0.2, -0.15) is 4.68 Å². The molecule has 0 unspecified atom stereocenters. The Morgan fingerprint density at radius 2 is 1.87 bits per heavy atom. The van der Waals surface area contributed by atoms with E-state index in [1.165, 1.54) is 0 Å². The lowest BCUT2D eigenvalue weighted by atomic mass is 10.4. The molecule has 0 bridgehead atoms. The van der Waals surface area contributed by atoms with Gasteiger partial charge in [0.1, 0.15) is 17.5 Å². The van der Waals surface area contributed by atoms with Crippen molar-refractivity contribution >= 4 is 11.5 Å². The van der Waals surface area contributed by atoms with E-state index in [1.807, 2.05) is 13.8 Å². The van der Waals surface area contributed by atoms with Crippen molar-refractivity contribution in [3.8, 4) is 5.82 Å². The van der Waals surface area contributed by atoms with E-state index in [0.29, 0.717) is 23.1 Å². The Kier molecular flexibility index (Phi) is 2.03. The van der Waals surface area contributed by atoms with Crippen LogP contribution in [-0.2, 0) is 0 Å². The minimum Gasteiger partial charge on any atom is -0.396 e. The molecule has 0 radical (unpaired) electrons. The fourth-order valence-electron chi connectivity index (χ4n) is 1.33. The quantitative estimate of drug-likeness (QED) is 0.702. The second-order valence-corrected chi connectivity index (χ2v) is 3.26. The number of pyridine rings is 1. The summed E-state index contributed by atoms with van der Waals surface area (Å²) in [6.45, 7) is 3.68. The van der Waals surface area contributed by atoms with Crippen LogP contribution in [-0.4, -0.2) is 19.7 Å². The second-order valence-electron chi connectivity index (χ2n) is 3.26. The van der Waals surface area contributed by atoms with E-state index in [4.69, 9.17) is 11.5 Å². The molecule has 0 aromatic carbocycles. The number of hydrogen-bond donors (Lipinski definition) is 2. The van der Waals surface area contributed by atoms with Crippen LogP contribution in [0.1, 0.15) is 11.6 Å². The van der Waals surface area contributed by atoms with Crippen molar-refractivity contribution in [3.05, 3.63) is 23.8 Å². The molecular weight excluding hydrogens is 192 g/mol. The van der Waals surface area contributed by atoms with Crippen molar-refractivity contribution < 1.29 is 0 Å². The molecular formula is C9H12N6. The van der Waals surface area contributed by atoms with Crippen molar-refractivity contribution in [1.29, 1.82) is 0 Å². The average Bonchev–Trinajstić information content (AvgIpc) is 2.50. The molecule has 2 aromatic rings. The van der Waals surface area contributed by atoms with E-state index in [0.717, 1.165) is 5.82 Å². The maximum Gasteiger partial charge on any atom is 0.158 e. The fraction of sp³-hybridized carbons (Fsp3) is 0.222. The maximum absolute atomic E-state index is 5.62. The molecule has 0 atom stereocenters. The molecule has 0 aliphatic carbocycles. The highest BCUT2D eigenvalue weighted by Crippen LogP contribution is 2.14. The van der Waals surface area contributed by atoms with Crippen LogP contribution >= 0.6 is 0 Å². The van der Waals surface area contributed by atoms with Crippen molar-refractivity contribution in [3.63, 3.8) is 0 Å². The van der Waals surface area contributed by atoms with Gasteiger partial charge in [0.05, 0.1) is 5.69 Å². The molecule has 0 saturated carbocycles. The van der Waals surface area contributed by atoms with Crippen LogP contribution in [0, 0.1) is 13.8 Å². The summed E-state index contributed by atoms with van der Waals surface area (Å²) in [5.74, 6) is 2.40. The Bertz CT molecular complexity index is 501. The van der Waals surface area contributed by atoms with Gasteiger partial charge >= 0.3 is 0 Å². The second kappa shape index (κ2) is 3.23. The molecule has 6 heteroatoms. The lowest BCUT2D eigenvalue weighted by molar-refractivity contribution is 0.805. The number of aryl methyl sites for hydroxylation is 2. The summed E-state index contributed by atoms with van der Waals surface area (Å²) in [7, 11) is 0. The smallest absolute Gasteiger partial charge is 0.158 e. The molecule has 0 aliphatic heterocycles. The van der Waals surface area contributed by atoms with Crippen LogP contribution in [0.5, 0.6) is 0 Å². The summed E-state index contributed by atoms with van der Waals surface area (Å²) in [4.78, 5) is 8.31. The van der Waals surface area contributed by atoms with Crippen LogP contribution in [0.25, 0.3) is 5.82 Å². The van der Waals surface area contributed by atoms with E-state index < -0.39 is 0 Å². The van der Waals surface area contributed by atoms with Gasteiger partial charge in [0, 0.05) is 0 Å². The summed E-state index contributed by atoms with van der Waals surface area (Å²) in [5.41, 5.74) is 11.7. The Morgan fingerprint density at radius 1 is 1.13 bits per heavy atom. The third kappa shape index (κ3) is 1.61. The van der Waals surface area contributed by atoms with Crippen LogP contribution in [0.15, 0.2) is 12.1 Å². The summed E-state index contributed by atoms with van der Waals surface area (Å²) in [5, 5.41) is 4.20. The van der Waals surface area contributed by atoms with Gasteiger partial charge in [-0.05, 0) is 26.0 Å². The van der Waals surface area contributed by atoms with E-state index >= 15 is 0 Å². The van der Waals surface area contributed by atoms with E-state index in [1.54, 1.807) is 16.8 Å². The summed E-state index contributed by atoms with van der Waals surface area (Å²) in [6.07, 6.45) is 0. The Balaban J connectivity index is 2.54. The van der Waals surface area contributed by atoms with Crippen molar-refractivity contribution in [2.45, 2.75) is 13.8 Å². The molecule has 0 amide bonds. The number of anilines is 2. The van der Waals surface area contributed by atoms with Gasteiger partial charge in [-0.1, -0.05) is 0 Å². The van der Waals surface area contributed by atoms with Crippen molar-refractivity contribution in [2.24, 2.45) is 0 Å². The van der Waals surface area contributed by atoms with Gasteiger partial charge < -0.3 is 11.5 Å². The Hall–Kier alpha value is -2.11. The van der Waals surface area contributed by atoms with Crippen molar-refractivity contribution in [2.75, 3.05) is 11.5 Å². The number of nitrogens with two attached hydrogens (primary N) is 2. The van der Waals surface area contributed by atoms with Crippen LogP contribution in [0.2, 0.25) is 0 Å². The molecule has 2 aromatic heterocycles. The SMILES string of the molecule is Cc1nc(C)n(-c2ccc(N)c(N)n2)n1. The molecule has 0 spiro atoms. The van der Waals surface area contributed by atoms with Gasteiger partial charge in [-0.15, -0.1) is 5.10 Å². The zero-order chi connectivity index (χ0) is 11.0. The molecule has 0 aliphatic rings. The van der Waals surface area contributed by atoms with Crippen LogP contribution < -0.4 is 11.5 Å². The maximum atomic E-state index is 5.62. The highest BCUT2D eigenvalue weighted by atomic mass is 15.4. The fourth-order valence-corrected chi connectivity index (χ4v) is 1.33. The summed E-state index contributed by atoms with van der Waals surface area (Å²) in [6, 6.07) is 3.46. The van der Waals surface area contributed by atoms with Gasteiger partial charge in [-0.25, -0.2) is 9.97 Å². The predicted molar refractivity (Wildman–Crippen MR) is 57.5 cm³/mol. The third-order valence-electron chi connectivity index (χ3n) is 2.03. The number of aromatic nitrogens is 4. The molecule has 0 fully saturated rings. The largest absolute Gasteiger partial charge is 0.396 e. The van der Waals surface area contributed by atoms with Gasteiger partial charge in [0.2, 0.25) is 0 Å². The van der Waals surface area contributed by atoms with Gasteiger partial charge in [-0.3, -0.25) is 0 Å². The first-order valence-electron chi connectivity index (χ1n) is 4.50.